The Hall–Kier alpha value is -0.770. The average Bonchev–Trinajstić information content (AvgIpc) is 3.03. The van der Waals surface area contributed by atoms with Crippen molar-refractivity contribution in [2.24, 2.45) is 5.92 Å². The van der Waals surface area contributed by atoms with Crippen LogP contribution in [0.25, 0.3) is 0 Å². The van der Waals surface area contributed by atoms with E-state index in [1.165, 1.54) is 57.8 Å². The standard InChI is InChI=1S/C16H29N3O/c20-16(18-14-7-2-1-3-8-14)19-11-5-6-13(12-19)15-9-4-10-17-15/h13-15,17H,1-12H2,(H,18,20). The molecule has 4 heteroatoms. The van der Waals surface area contributed by atoms with Crippen LogP contribution in [0.15, 0.2) is 0 Å². The van der Waals surface area contributed by atoms with Crippen LogP contribution in [-0.2, 0) is 0 Å². The lowest BCUT2D eigenvalue weighted by atomic mass is 9.90. The van der Waals surface area contributed by atoms with E-state index in [0.29, 0.717) is 18.0 Å². The quantitative estimate of drug-likeness (QED) is 0.815. The summed E-state index contributed by atoms with van der Waals surface area (Å²) in [4.78, 5) is 14.5. The molecule has 0 aromatic heterocycles. The first-order valence-corrected chi connectivity index (χ1v) is 8.62. The third-order valence-electron chi connectivity index (χ3n) is 5.35. The van der Waals surface area contributed by atoms with Crippen molar-refractivity contribution in [3.05, 3.63) is 0 Å². The maximum Gasteiger partial charge on any atom is 0.317 e. The molecule has 3 rings (SSSR count). The summed E-state index contributed by atoms with van der Waals surface area (Å²) in [5.41, 5.74) is 0. The van der Waals surface area contributed by atoms with Gasteiger partial charge >= 0.3 is 6.03 Å². The molecule has 0 bridgehead atoms. The molecule has 3 aliphatic rings. The SMILES string of the molecule is O=C(NC1CCCCC1)N1CCCC(C2CCCN2)C1. The van der Waals surface area contributed by atoms with Crippen LogP contribution in [-0.4, -0.2) is 42.6 Å². The van der Waals surface area contributed by atoms with E-state index in [2.05, 4.69) is 15.5 Å². The van der Waals surface area contributed by atoms with Crippen LogP contribution in [0.4, 0.5) is 4.79 Å². The molecule has 20 heavy (non-hydrogen) atoms. The third-order valence-corrected chi connectivity index (χ3v) is 5.35. The minimum Gasteiger partial charge on any atom is -0.335 e. The van der Waals surface area contributed by atoms with Gasteiger partial charge in [0.25, 0.3) is 0 Å². The van der Waals surface area contributed by atoms with Crippen LogP contribution >= 0.6 is 0 Å². The van der Waals surface area contributed by atoms with Gasteiger partial charge in [0, 0.05) is 25.2 Å². The molecule has 3 fully saturated rings. The minimum absolute atomic E-state index is 0.194. The molecule has 2 N–H and O–H groups in total. The van der Waals surface area contributed by atoms with Gasteiger partial charge in [0.15, 0.2) is 0 Å². The second kappa shape index (κ2) is 6.79. The number of carbonyl (C=O) groups excluding carboxylic acids is 1. The van der Waals surface area contributed by atoms with Crippen LogP contribution in [0.3, 0.4) is 0 Å². The number of piperidine rings is 1. The van der Waals surface area contributed by atoms with Gasteiger partial charge in [-0.25, -0.2) is 4.79 Å². The Kier molecular flexibility index (Phi) is 4.81. The molecule has 0 radical (unpaired) electrons. The van der Waals surface area contributed by atoms with E-state index < -0.39 is 0 Å². The van der Waals surface area contributed by atoms with E-state index in [0.717, 1.165) is 19.6 Å². The van der Waals surface area contributed by atoms with E-state index in [1.54, 1.807) is 0 Å². The molecule has 0 spiro atoms. The average molecular weight is 279 g/mol. The Morgan fingerprint density at radius 3 is 2.60 bits per heavy atom. The Morgan fingerprint density at radius 1 is 1.00 bits per heavy atom. The zero-order valence-corrected chi connectivity index (χ0v) is 12.6. The highest BCUT2D eigenvalue weighted by atomic mass is 16.2. The summed E-state index contributed by atoms with van der Waals surface area (Å²) in [5, 5.41) is 6.88. The molecule has 0 aromatic carbocycles. The van der Waals surface area contributed by atoms with Crippen molar-refractivity contribution in [2.75, 3.05) is 19.6 Å². The summed E-state index contributed by atoms with van der Waals surface area (Å²) >= 11 is 0. The number of amides is 2. The van der Waals surface area contributed by atoms with E-state index >= 15 is 0 Å². The van der Waals surface area contributed by atoms with Crippen LogP contribution in [0.5, 0.6) is 0 Å². The molecule has 2 heterocycles. The van der Waals surface area contributed by atoms with Crippen molar-refractivity contribution in [1.29, 1.82) is 0 Å². The number of likely N-dealkylation sites (tertiary alicyclic amines) is 1. The van der Waals surface area contributed by atoms with Crippen molar-refractivity contribution in [3.63, 3.8) is 0 Å². The molecule has 2 aliphatic heterocycles. The zero-order chi connectivity index (χ0) is 13.8. The number of hydrogen-bond donors (Lipinski definition) is 2. The molecule has 2 saturated heterocycles. The maximum absolute atomic E-state index is 12.4. The molecule has 4 nitrogen and oxygen atoms in total. The predicted octanol–water partition coefficient (Wildman–Crippen LogP) is 2.49. The van der Waals surface area contributed by atoms with Crippen LogP contribution < -0.4 is 10.6 Å². The van der Waals surface area contributed by atoms with Crippen molar-refractivity contribution < 1.29 is 4.79 Å². The Labute approximate surface area is 122 Å². The fourth-order valence-corrected chi connectivity index (χ4v) is 4.15. The van der Waals surface area contributed by atoms with Gasteiger partial charge in [0.05, 0.1) is 0 Å². The highest BCUT2D eigenvalue weighted by molar-refractivity contribution is 5.74. The topological polar surface area (TPSA) is 44.4 Å². The molecular weight excluding hydrogens is 250 g/mol. The second-order valence-corrected chi connectivity index (χ2v) is 6.84. The molecule has 1 saturated carbocycles. The number of hydrogen-bond acceptors (Lipinski definition) is 2. The van der Waals surface area contributed by atoms with Gasteiger partial charge in [-0.15, -0.1) is 0 Å². The van der Waals surface area contributed by atoms with E-state index in [-0.39, 0.29) is 6.03 Å². The number of urea groups is 1. The fraction of sp³-hybridized carbons (Fsp3) is 0.938. The lowest BCUT2D eigenvalue weighted by molar-refractivity contribution is 0.148. The van der Waals surface area contributed by atoms with Crippen LogP contribution in [0, 0.1) is 5.92 Å². The van der Waals surface area contributed by atoms with Crippen molar-refractivity contribution >= 4 is 6.03 Å². The molecule has 2 amide bonds. The molecule has 0 aromatic rings. The smallest absolute Gasteiger partial charge is 0.317 e. The molecule has 2 atom stereocenters. The van der Waals surface area contributed by atoms with Gasteiger partial charge < -0.3 is 15.5 Å². The first-order valence-electron chi connectivity index (χ1n) is 8.62. The summed E-state index contributed by atoms with van der Waals surface area (Å²) in [6.07, 6.45) is 11.3. The molecule has 114 valence electrons. The second-order valence-electron chi connectivity index (χ2n) is 6.84. The zero-order valence-electron chi connectivity index (χ0n) is 12.6. The first kappa shape index (κ1) is 14.2. The highest BCUT2D eigenvalue weighted by Crippen LogP contribution is 2.25. The maximum atomic E-state index is 12.4. The van der Waals surface area contributed by atoms with Crippen molar-refractivity contribution in [2.45, 2.75) is 69.9 Å². The van der Waals surface area contributed by atoms with E-state index in [9.17, 15) is 4.79 Å². The lowest BCUT2D eigenvalue weighted by Gasteiger charge is -2.37. The van der Waals surface area contributed by atoms with Crippen molar-refractivity contribution in [3.8, 4) is 0 Å². The van der Waals surface area contributed by atoms with Gasteiger partial charge in [0.1, 0.15) is 0 Å². The fourth-order valence-electron chi connectivity index (χ4n) is 4.15. The van der Waals surface area contributed by atoms with Gasteiger partial charge in [-0.3, -0.25) is 0 Å². The summed E-state index contributed by atoms with van der Waals surface area (Å²) in [6.45, 7) is 3.06. The minimum atomic E-state index is 0.194. The van der Waals surface area contributed by atoms with Crippen LogP contribution in [0.1, 0.15) is 57.8 Å². The summed E-state index contributed by atoms with van der Waals surface area (Å²) in [7, 11) is 0. The van der Waals surface area contributed by atoms with Gasteiger partial charge in [-0.05, 0) is 51.0 Å². The summed E-state index contributed by atoms with van der Waals surface area (Å²) in [6, 6.07) is 1.28. The lowest BCUT2D eigenvalue weighted by Crippen LogP contribution is -2.51. The van der Waals surface area contributed by atoms with Crippen LogP contribution in [0.2, 0.25) is 0 Å². The summed E-state index contributed by atoms with van der Waals surface area (Å²) in [5.74, 6) is 0.670. The third kappa shape index (κ3) is 3.46. The number of carbonyl (C=O) groups is 1. The molecule has 2 unspecified atom stereocenters. The predicted molar refractivity (Wildman–Crippen MR) is 80.7 cm³/mol. The number of nitrogens with one attached hydrogen (secondary N) is 2. The normalized spacial score (nSPS) is 32.3. The number of nitrogens with zero attached hydrogens (tertiary/aromatic N) is 1. The Morgan fingerprint density at radius 2 is 1.85 bits per heavy atom. The molecular formula is C16H29N3O. The Bertz CT molecular complexity index is 322. The highest BCUT2D eigenvalue weighted by Gasteiger charge is 2.31. The van der Waals surface area contributed by atoms with Gasteiger partial charge in [-0.1, -0.05) is 19.3 Å². The van der Waals surface area contributed by atoms with E-state index in [4.69, 9.17) is 0 Å². The first-order chi connectivity index (χ1) is 9.83. The number of rotatable bonds is 2. The molecule has 1 aliphatic carbocycles. The Balaban J connectivity index is 1.49. The van der Waals surface area contributed by atoms with Crippen molar-refractivity contribution in [1.82, 2.24) is 15.5 Å². The summed E-state index contributed by atoms with van der Waals surface area (Å²) < 4.78 is 0. The van der Waals surface area contributed by atoms with E-state index in [1.807, 2.05) is 0 Å². The van der Waals surface area contributed by atoms with Gasteiger partial charge in [0.2, 0.25) is 0 Å². The monoisotopic (exact) mass is 279 g/mol. The largest absolute Gasteiger partial charge is 0.335 e. The van der Waals surface area contributed by atoms with Gasteiger partial charge in [-0.2, -0.15) is 0 Å².